The van der Waals surface area contributed by atoms with Gasteiger partial charge in [0, 0.05) is 36.7 Å². The quantitative estimate of drug-likeness (QED) is 0.656. The number of carbonyl (C=O) groups is 2. The molecule has 4 N–H and O–H groups in total. The van der Waals surface area contributed by atoms with Crippen molar-refractivity contribution >= 4 is 42.3 Å². The number of nitrogens with two attached hydrogens (primary N) is 1. The van der Waals surface area contributed by atoms with Crippen molar-refractivity contribution < 1.29 is 14.3 Å². The molecule has 1 fully saturated rings. The first-order chi connectivity index (χ1) is 12.7. The van der Waals surface area contributed by atoms with E-state index in [9.17, 15) is 9.59 Å². The fourth-order valence-corrected chi connectivity index (χ4v) is 2.84. The van der Waals surface area contributed by atoms with Crippen LogP contribution < -0.4 is 16.4 Å². The van der Waals surface area contributed by atoms with Gasteiger partial charge in [-0.25, -0.2) is 0 Å². The van der Waals surface area contributed by atoms with E-state index in [1.54, 1.807) is 42.7 Å². The van der Waals surface area contributed by atoms with Crippen LogP contribution in [0, 0.1) is 0 Å². The summed E-state index contributed by atoms with van der Waals surface area (Å²) in [5.74, 6) is -0.359. The lowest BCUT2D eigenvalue weighted by Crippen LogP contribution is -2.35. The van der Waals surface area contributed by atoms with E-state index in [-0.39, 0.29) is 42.7 Å². The van der Waals surface area contributed by atoms with Crippen molar-refractivity contribution in [2.45, 2.75) is 31.6 Å². The maximum atomic E-state index is 12.3. The molecule has 28 heavy (non-hydrogen) atoms. The molecule has 1 aliphatic rings. The van der Waals surface area contributed by atoms with Crippen LogP contribution in [0.1, 0.15) is 28.8 Å². The number of nitrogens with one attached hydrogen (secondary N) is 2. The van der Waals surface area contributed by atoms with Crippen LogP contribution in [0.3, 0.4) is 0 Å². The van der Waals surface area contributed by atoms with E-state index in [1.807, 2.05) is 6.07 Å². The summed E-state index contributed by atoms with van der Waals surface area (Å²) in [5.41, 5.74) is 7.60. The van der Waals surface area contributed by atoms with Gasteiger partial charge in [0.25, 0.3) is 5.91 Å². The monoisotopic (exact) mass is 426 g/mol. The second-order valence-corrected chi connectivity index (χ2v) is 6.17. The molecule has 0 aliphatic carbocycles. The molecule has 3 rings (SSSR count). The largest absolute Gasteiger partial charge is 0.364 e. The number of aromatic nitrogens is 1. The standard InChI is InChI=1S/C19H22N4O3.2ClH/c20-11-16-4-5-17(26-16)19(25)22-12-13-2-1-3-14(10-13)18(24)23-15-6-8-21-9-7-15;;/h1-3,6-10,16-17H,4-5,11-12,20H2,(H,22,25)(H,21,23,24);2*1H/t16-,17+;;/m1../s1. The maximum absolute atomic E-state index is 12.3. The number of hydrogen-bond donors (Lipinski definition) is 3. The Kier molecular flexibility index (Phi) is 9.89. The summed E-state index contributed by atoms with van der Waals surface area (Å²) in [6, 6.07) is 10.6. The lowest BCUT2D eigenvalue weighted by molar-refractivity contribution is -0.132. The van der Waals surface area contributed by atoms with Crippen molar-refractivity contribution in [1.82, 2.24) is 10.3 Å². The van der Waals surface area contributed by atoms with Crippen molar-refractivity contribution in [3.63, 3.8) is 0 Å². The Bertz CT molecular complexity index is 777. The lowest BCUT2D eigenvalue weighted by atomic mass is 10.1. The van der Waals surface area contributed by atoms with Crippen LogP contribution in [0.5, 0.6) is 0 Å². The van der Waals surface area contributed by atoms with Gasteiger partial charge in [-0.2, -0.15) is 0 Å². The smallest absolute Gasteiger partial charge is 0.255 e. The summed E-state index contributed by atoms with van der Waals surface area (Å²) in [6.45, 7) is 0.765. The van der Waals surface area contributed by atoms with Crippen LogP contribution in [-0.4, -0.2) is 35.6 Å². The fraction of sp³-hybridized carbons (Fsp3) is 0.316. The SMILES string of the molecule is Cl.Cl.NC[C@H]1CC[C@@H](C(=O)NCc2cccc(C(=O)Nc3ccncc3)c2)O1. The molecule has 7 nitrogen and oxygen atoms in total. The zero-order valence-corrected chi connectivity index (χ0v) is 16.8. The van der Waals surface area contributed by atoms with Crippen molar-refractivity contribution in [3.05, 3.63) is 59.9 Å². The topological polar surface area (TPSA) is 106 Å². The molecule has 1 saturated heterocycles. The molecule has 0 spiro atoms. The molecule has 0 saturated carbocycles. The molecule has 9 heteroatoms. The molecule has 2 amide bonds. The van der Waals surface area contributed by atoms with E-state index in [1.165, 1.54) is 0 Å². The van der Waals surface area contributed by atoms with Crippen molar-refractivity contribution in [3.8, 4) is 0 Å². The highest BCUT2D eigenvalue weighted by molar-refractivity contribution is 6.04. The molecular formula is C19H24Cl2N4O3. The Morgan fingerprint density at radius 1 is 1.14 bits per heavy atom. The fourth-order valence-electron chi connectivity index (χ4n) is 2.84. The third-order valence-electron chi connectivity index (χ3n) is 4.26. The number of carbonyl (C=O) groups excluding carboxylic acids is 2. The Morgan fingerprint density at radius 2 is 1.89 bits per heavy atom. The molecular weight excluding hydrogens is 403 g/mol. The molecule has 2 aromatic rings. The number of anilines is 1. The Labute approximate surface area is 176 Å². The molecule has 1 aromatic heterocycles. The number of ether oxygens (including phenoxy) is 1. The zero-order valence-electron chi connectivity index (χ0n) is 15.2. The minimum Gasteiger partial charge on any atom is -0.364 e. The highest BCUT2D eigenvalue weighted by Crippen LogP contribution is 2.19. The average molecular weight is 427 g/mol. The Morgan fingerprint density at radius 3 is 2.57 bits per heavy atom. The molecule has 0 bridgehead atoms. The van der Waals surface area contributed by atoms with Gasteiger partial charge < -0.3 is 21.1 Å². The summed E-state index contributed by atoms with van der Waals surface area (Å²) in [4.78, 5) is 28.4. The Balaban J connectivity index is 0.00000196. The number of rotatable bonds is 6. The minimum atomic E-state index is -0.443. The lowest BCUT2D eigenvalue weighted by Gasteiger charge is -2.13. The van der Waals surface area contributed by atoms with Gasteiger partial charge in [0.05, 0.1) is 6.10 Å². The second kappa shape index (κ2) is 11.6. The van der Waals surface area contributed by atoms with Gasteiger partial charge in [0.2, 0.25) is 5.91 Å². The molecule has 0 radical (unpaired) electrons. The summed E-state index contributed by atoms with van der Waals surface area (Å²) < 4.78 is 5.58. The van der Waals surface area contributed by atoms with Crippen LogP contribution in [-0.2, 0) is 16.1 Å². The van der Waals surface area contributed by atoms with Gasteiger partial charge in [-0.15, -0.1) is 24.8 Å². The number of pyridine rings is 1. The van der Waals surface area contributed by atoms with Gasteiger partial charge in [-0.05, 0) is 42.7 Å². The van der Waals surface area contributed by atoms with E-state index < -0.39 is 6.10 Å². The molecule has 2 heterocycles. The number of amides is 2. The highest BCUT2D eigenvalue weighted by atomic mass is 35.5. The van der Waals surface area contributed by atoms with Gasteiger partial charge in [0.1, 0.15) is 6.10 Å². The first kappa shape index (κ1) is 23.8. The van der Waals surface area contributed by atoms with Gasteiger partial charge in [-0.3, -0.25) is 14.6 Å². The van der Waals surface area contributed by atoms with E-state index in [0.717, 1.165) is 12.0 Å². The first-order valence-electron chi connectivity index (χ1n) is 8.59. The number of hydrogen-bond acceptors (Lipinski definition) is 5. The normalized spacial score (nSPS) is 17.8. The van der Waals surface area contributed by atoms with Crippen molar-refractivity contribution in [1.29, 1.82) is 0 Å². The summed E-state index contributed by atoms with van der Waals surface area (Å²) >= 11 is 0. The van der Waals surface area contributed by atoms with Crippen LogP contribution in [0.15, 0.2) is 48.8 Å². The highest BCUT2D eigenvalue weighted by Gasteiger charge is 2.29. The molecule has 1 aliphatic heterocycles. The summed E-state index contributed by atoms with van der Waals surface area (Å²) in [7, 11) is 0. The van der Waals surface area contributed by atoms with Crippen LogP contribution >= 0.6 is 24.8 Å². The van der Waals surface area contributed by atoms with Gasteiger partial charge in [-0.1, -0.05) is 12.1 Å². The van der Waals surface area contributed by atoms with Crippen LogP contribution in [0.2, 0.25) is 0 Å². The molecule has 0 unspecified atom stereocenters. The zero-order chi connectivity index (χ0) is 18.4. The number of halogens is 2. The van der Waals surface area contributed by atoms with Gasteiger partial charge >= 0.3 is 0 Å². The predicted molar refractivity (Wildman–Crippen MR) is 112 cm³/mol. The predicted octanol–water partition coefficient (Wildman–Crippen LogP) is 2.30. The summed E-state index contributed by atoms with van der Waals surface area (Å²) in [6.07, 6.45) is 4.23. The molecule has 152 valence electrons. The van der Waals surface area contributed by atoms with Crippen molar-refractivity contribution in [2.24, 2.45) is 5.73 Å². The van der Waals surface area contributed by atoms with E-state index in [0.29, 0.717) is 30.8 Å². The van der Waals surface area contributed by atoms with E-state index >= 15 is 0 Å². The second-order valence-electron chi connectivity index (χ2n) is 6.17. The third kappa shape index (κ3) is 6.45. The number of nitrogens with zero attached hydrogens (tertiary/aromatic N) is 1. The van der Waals surface area contributed by atoms with Crippen LogP contribution in [0.4, 0.5) is 5.69 Å². The number of benzene rings is 1. The van der Waals surface area contributed by atoms with Crippen molar-refractivity contribution in [2.75, 3.05) is 11.9 Å². The molecule has 1 aromatic carbocycles. The van der Waals surface area contributed by atoms with E-state index in [2.05, 4.69) is 15.6 Å². The average Bonchev–Trinajstić information content (AvgIpc) is 3.16. The van der Waals surface area contributed by atoms with Gasteiger partial charge in [0.15, 0.2) is 0 Å². The Hall–Kier alpha value is -2.19. The minimum absolute atomic E-state index is 0. The third-order valence-corrected chi connectivity index (χ3v) is 4.26. The summed E-state index contributed by atoms with van der Waals surface area (Å²) in [5, 5.41) is 5.66. The maximum Gasteiger partial charge on any atom is 0.255 e. The van der Waals surface area contributed by atoms with Crippen LogP contribution in [0.25, 0.3) is 0 Å². The molecule has 2 atom stereocenters. The first-order valence-corrected chi connectivity index (χ1v) is 8.59. The van der Waals surface area contributed by atoms with E-state index in [4.69, 9.17) is 10.5 Å².